The highest BCUT2D eigenvalue weighted by molar-refractivity contribution is 8.03. The smallest absolute Gasteiger partial charge is 0.325 e. The van der Waals surface area contributed by atoms with Crippen molar-refractivity contribution in [1.29, 1.82) is 5.26 Å². The molecular weight excluding hydrogens is 386 g/mol. The number of amides is 2. The SMILES string of the molecule is Cc1cc(SC#N)cc(C)c1NC(=O)COC(=O)CNC(=O)c1cccs1. The number of carbonyl (C=O) groups excluding carboxylic acids is 3. The summed E-state index contributed by atoms with van der Waals surface area (Å²) in [5.41, 5.74) is 2.22. The predicted octanol–water partition coefficient (Wildman–Crippen LogP) is 2.85. The molecule has 27 heavy (non-hydrogen) atoms. The largest absolute Gasteiger partial charge is 0.454 e. The molecule has 2 aromatic rings. The zero-order chi connectivity index (χ0) is 19.8. The Labute approximate surface area is 164 Å². The minimum absolute atomic E-state index is 0.317. The lowest BCUT2D eigenvalue weighted by Gasteiger charge is -2.13. The molecule has 2 rings (SSSR count). The number of thioether (sulfide) groups is 1. The van der Waals surface area contributed by atoms with Crippen LogP contribution in [-0.4, -0.2) is 30.9 Å². The molecule has 0 aliphatic heterocycles. The first kappa shape index (κ1) is 20.5. The van der Waals surface area contributed by atoms with E-state index in [1.165, 1.54) is 11.3 Å². The van der Waals surface area contributed by atoms with Crippen LogP contribution in [0, 0.1) is 24.5 Å². The third-order valence-corrected chi connectivity index (χ3v) is 4.87. The number of hydrogen-bond donors (Lipinski definition) is 2. The number of nitrogens with one attached hydrogen (secondary N) is 2. The summed E-state index contributed by atoms with van der Waals surface area (Å²) in [4.78, 5) is 36.7. The summed E-state index contributed by atoms with van der Waals surface area (Å²) in [7, 11) is 0. The molecule has 0 saturated heterocycles. The van der Waals surface area contributed by atoms with Crippen LogP contribution in [0.2, 0.25) is 0 Å². The van der Waals surface area contributed by atoms with Crippen molar-refractivity contribution in [3.8, 4) is 5.40 Å². The van der Waals surface area contributed by atoms with E-state index in [1.807, 2.05) is 19.2 Å². The fraction of sp³-hybridized carbons (Fsp3) is 0.222. The third kappa shape index (κ3) is 6.13. The van der Waals surface area contributed by atoms with Crippen LogP contribution in [0.3, 0.4) is 0 Å². The van der Waals surface area contributed by atoms with E-state index in [2.05, 4.69) is 10.6 Å². The van der Waals surface area contributed by atoms with Crippen molar-refractivity contribution < 1.29 is 19.1 Å². The number of nitriles is 1. The number of thiophene rings is 1. The van der Waals surface area contributed by atoms with E-state index in [0.29, 0.717) is 10.6 Å². The first-order chi connectivity index (χ1) is 12.9. The molecule has 0 aliphatic rings. The van der Waals surface area contributed by atoms with Crippen LogP contribution in [0.15, 0.2) is 34.5 Å². The average molecular weight is 403 g/mol. The number of anilines is 1. The maximum Gasteiger partial charge on any atom is 0.325 e. The molecule has 0 atom stereocenters. The number of esters is 1. The second-order valence-electron chi connectivity index (χ2n) is 5.49. The Kier molecular flexibility index (Phi) is 7.40. The zero-order valence-corrected chi connectivity index (χ0v) is 16.3. The number of thiocyanates is 1. The van der Waals surface area contributed by atoms with Gasteiger partial charge in [0.25, 0.3) is 11.8 Å². The maximum atomic E-state index is 12.0. The van der Waals surface area contributed by atoms with E-state index in [0.717, 1.165) is 27.8 Å². The van der Waals surface area contributed by atoms with Gasteiger partial charge >= 0.3 is 5.97 Å². The Morgan fingerprint density at radius 3 is 2.56 bits per heavy atom. The molecule has 0 fully saturated rings. The monoisotopic (exact) mass is 403 g/mol. The summed E-state index contributed by atoms with van der Waals surface area (Å²) in [6.07, 6.45) is 0. The second kappa shape index (κ2) is 9.75. The Morgan fingerprint density at radius 2 is 1.96 bits per heavy atom. The fourth-order valence-corrected chi connectivity index (χ4v) is 3.47. The molecule has 140 valence electrons. The highest BCUT2D eigenvalue weighted by Crippen LogP contribution is 2.27. The standard InChI is InChI=1S/C18H17N3O4S2/c1-11-6-13(27-10-19)7-12(2)17(11)21-15(22)9-25-16(23)8-20-18(24)14-4-3-5-26-14/h3-7H,8-9H2,1-2H3,(H,20,24)(H,21,22). The van der Waals surface area contributed by atoms with Crippen molar-refractivity contribution in [2.75, 3.05) is 18.5 Å². The van der Waals surface area contributed by atoms with Crippen LogP contribution in [0.1, 0.15) is 20.8 Å². The molecule has 0 radical (unpaired) electrons. The summed E-state index contributed by atoms with van der Waals surface area (Å²) in [5, 5.41) is 17.6. The van der Waals surface area contributed by atoms with Gasteiger partial charge in [-0.05, 0) is 60.3 Å². The van der Waals surface area contributed by atoms with E-state index < -0.39 is 18.5 Å². The quantitative estimate of drug-likeness (QED) is 0.418. The van der Waals surface area contributed by atoms with E-state index >= 15 is 0 Å². The first-order valence-electron chi connectivity index (χ1n) is 7.85. The van der Waals surface area contributed by atoms with Gasteiger partial charge in [-0.3, -0.25) is 14.4 Å². The zero-order valence-electron chi connectivity index (χ0n) is 14.7. The van der Waals surface area contributed by atoms with Crippen molar-refractivity contribution in [2.45, 2.75) is 18.7 Å². The minimum atomic E-state index is -0.704. The Bertz CT molecular complexity index is 866. The molecule has 1 aromatic carbocycles. The molecule has 7 nitrogen and oxygen atoms in total. The number of hydrogen-bond acceptors (Lipinski definition) is 7. The van der Waals surface area contributed by atoms with Gasteiger partial charge in [0.15, 0.2) is 6.61 Å². The number of benzene rings is 1. The predicted molar refractivity (Wildman–Crippen MR) is 104 cm³/mol. The minimum Gasteiger partial charge on any atom is -0.454 e. The van der Waals surface area contributed by atoms with E-state index in [9.17, 15) is 14.4 Å². The van der Waals surface area contributed by atoms with Crippen molar-refractivity contribution in [3.05, 3.63) is 45.6 Å². The topological polar surface area (TPSA) is 108 Å². The van der Waals surface area contributed by atoms with Crippen LogP contribution < -0.4 is 10.6 Å². The van der Waals surface area contributed by atoms with Crippen molar-refractivity contribution in [2.24, 2.45) is 0 Å². The van der Waals surface area contributed by atoms with E-state index in [-0.39, 0.29) is 12.5 Å². The van der Waals surface area contributed by atoms with E-state index in [1.54, 1.807) is 29.6 Å². The molecular formula is C18H17N3O4S2. The number of aryl methyl sites for hydroxylation is 2. The molecule has 1 heterocycles. The Morgan fingerprint density at radius 1 is 1.26 bits per heavy atom. The van der Waals surface area contributed by atoms with Crippen molar-refractivity contribution >= 4 is 46.6 Å². The molecule has 2 amide bonds. The van der Waals surface area contributed by atoms with Crippen LogP contribution in [-0.2, 0) is 14.3 Å². The van der Waals surface area contributed by atoms with Gasteiger partial charge in [-0.25, -0.2) is 0 Å². The maximum absolute atomic E-state index is 12.0. The number of carbonyl (C=O) groups is 3. The normalized spacial score (nSPS) is 9.96. The Balaban J connectivity index is 1.81. The summed E-state index contributed by atoms with van der Waals surface area (Å²) in [6, 6.07) is 6.97. The molecule has 0 aliphatic carbocycles. The van der Waals surface area contributed by atoms with Gasteiger partial charge in [0.1, 0.15) is 11.9 Å². The van der Waals surface area contributed by atoms with Crippen LogP contribution >= 0.6 is 23.1 Å². The van der Waals surface area contributed by atoms with Crippen molar-refractivity contribution in [1.82, 2.24) is 5.32 Å². The van der Waals surface area contributed by atoms with Crippen LogP contribution in [0.5, 0.6) is 0 Å². The van der Waals surface area contributed by atoms with Gasteiger partial charge in [-0.15, -0.1) is 11.3 Å². The highest BCUT2D eigenvalue weighted by Gasteiger charge is 2.13. The highest BCUT2D eigenvalue weighted by atomic mass is 32.2. The molecule has 0 spiro atoms. The number of ether oxygens (including phenoxy) is 1. The molecule has 0 saturated carbocycles. The third-order valence-electron chi connectivity index (χ3n) is 3.44. The van der Waals surface area contributed by atoms with Crippen LogP contribution in [0.4, 0.5) is 5.69 Å². The summed E-state index contributed by atoms with van der Waals surface area (Å²) < 4.78 is 4.88. The van der Waals surface area contributed by atoms with Gasteiger partial charge in [0.2, 0.25) is 0 Å². The second-order valence-corrected chi connectivity index (χ2v) is 7.30. The number of nitrogens with zero attached hydrogens (tertiary/aromatic N) is 1. The van der Waals surface area contributed by atoms with Gasteiger partial charge in [-0.1, -0.05) is 6.07 Å². The fourth-order valence-electron chi connectivity index (χ4n) is 2.25. The molecule has 9 heteroatoms. The lowest BCUT2D eigenvalue weighted by molar-refractivity contribution is -0.146. The Hall–Kier alpha value is -2.83. The van der Waals surface area contributed by atoms with Gasteiger partial charge < -0.3 is 15.4 Å². The first-order valence-corrected chi connectivity index (χ1v) is 9.54. The molecule has 2 N–H and O–H groups in total. The van der Waals surface area contributed by atoms with Crippen molar-refractivity contribution in [3.63, 3.8) is 0 Å². The lowest BCUT2D eigenvalue weighted by atomic mass is 10.1. The molecule has 1 aromatic heterocycles. The van der Waals surface area contributed by atoms with Crippen LogP contribution in [0.25, 0.3) is 0 Å². The lowest BCUT2D eigenvalue weighted by Crippen LogP contribution is -2.32. The van der Waals surface area contributed by atoms with Gasteiger partial charge in [0.05, 0.1) is 4.88 Å². The molecule has 0 bridgehead atoms. The molecule has 0 unspecified atom stereocenters. The summed E-state index contributed by atoms with van der Waals surface area (Å²) in [6.45, 7) is 2.86. The van der Waals surface area contributed by atoms with Gasteiger partial charge in [-0.2, -0.15) is 5.26 Å². The summed E-state index contributed by atoms with van der Waals surface area (Å²) in [5.74, 6) is -1.56. The van der Waals surface area contributed by atoms with E-state index in [4.69, 9.17) is 10.00 Å². The summed E-state index contributed by atoms with van der Waals surface area (Å²) >= 11 is 2.30. The number of rotatable bonds is 7. The average Bonchev–Trinajstić information content (AvgIpc) is 3.16. The van der Waals surface area contributed by atoms with Gasteiger partial charge in [0, 0.05) is 10.6 Å².